The predicted octanol–water partition coefficient (Wildman–Crippen LogP) is 1.87. The largest absolute Gasteiger partial charge is 0.391 e. The standard InChI is InChI=1S/C17H28N4O2/c1-12-14(13(2)21(20-12)10-6-9-18)7-8-16(23)19-11-15(22)17(3,4)5/h15,22H,6-8,10-11H2,1-5H3,(H,19,23). The SMILES string of the molecule is Cc1nn(CCC#N)c(C)c1CCC(=O)NCC(O)C(C)(C)C. The lowest BCUT2D eigenvalue weighted by atomic mass is 9.89. The molecule has 0 aliphatic rings. The molecule has 0 fully saturated rings. The molecular formula is C17H28N4O2. The van der Waals surface area contributed by atoms with Gasteiger partial charge >= 0.3 is 0 Å². The van der Waals surface area contributed by atoms with Crippen molar-refractivity contribution in [2.75, 3.05) is 6.54 Å². The number of aliphatic hydroxyl groups excluding tert-OH is 1. The van der Waals surface area contributed by atoms with Crippen molar-refractivity contribution in [1.82, 2.24) is 15.1 Å². The molecule has 6 heteroatoms. The van der Waals surface area contributed by atoms with Crippen LogP contribution >= 0.6 is 0 Å². The zero-order valence-corrected chi connectivity index (χ0v) is 14.8. The van der Waals surface area contributed by atoms with Gasteiger partial charge in [-0.25, -0.2) is 0 Å². The number of nitrogens with zero attached hydrogens (tertiary/aromatic N) is 3. The zero-order valence-electron chi connectivity index (χ0n) is 14.8. The third-order valence-corrected chi connectivity index (χ3v) is 4.06. The van der Waals surface area contributed by atoms with Crippen LogP contribution in [-0.2, 0) is 17.8 Å². The van der Waals surface area contributed by atoms with Gasteiger partial charge in [-0.1, -0.05) is 20.8 Å². The fourth-order valence-electron chi connectivity index (χ4n) is 2.31. The van der Waals surface area contributed by atoms with Gasteiger partial charge in [0.25, 0.3) is 0 Å². The number of hydrogen-bond acceptors (Lipinski definition) is 4. The molecule has 1 unspecified atom stereocenters. The number of amides is 1. The van der Waals surface area contributed by atoms with Gasteiger partial charge in [0, 0.05) is 18.7 Å². The second-order valence-electron chi connectivity index (χ2n) is 6.97. The van der Waals surface area contributed by atoms with Crippen molar-refractivity contribution in [3.8, 4) is 6.07 Å². The van der Waals surface area contributed by atoms with Gasteiger partial charge in [-0.2, -0.15) is 10.4 Å². The molecule has 128 valence electrons. The van der Waals surface area contributed by atoms with Gasteiger partial charge < -0.3 is 10.4 Å². The summed E-state index contributed by atoms with van der Waals surface area (Å²) in [5, 5.41) is 25.8. The van der Waals surface area contributed by atoms with E-state index >= 15 is 0 Å². The quantitative estimate of drug-likeness (QED) is 0.802. The van der Waals surface area contributed by atoms with Crippen molar-refractivity contribution in [2.45, 2.75) is 66.5 Å². The van der Waals surface area contributed by atoms with E-state index in [2.05, 4.69) is 16.5 Å². The molecule has 23 heavy (non-hydrogen) atoms. The normalized spacial score (nSPS) is 12.7. The van der Waals surface area contributed by atoms with E-state index in [9.17, 15) is 9.90 Å². The predicted molar refractivity (Wildman–Crippen MR) is 88.7 cm³/mol. The minimum Gasteiger partial charge on any atom is -0.391 e. The maximum absolute atomic E-state index is 12.0. The highest BCUT2D eigenvalue weighted by Crippen LogP contribution is 2.18. The van der Waals surface area contributed by atoms with Crippen molar-refractivity contribution in [1.29, 1.82) is 5.26 Å². The van der Waals surface area contributed by atoms with Crippen LogP contribution in [0.2, 0.25) is 0 Å². The van der Waals surface area contributed by atoms with Gasteiger partial charge in [0.15, 0.2) is 0 Å². The summed E-state index contributed by atoms with van der Waals surface area (Å²) in [5.41, 5.74) is 2.74. The summed E-state index contributed by atoms with van der Waals surface area (Å²) in [6.07, 6.45) is 0.833. The van der Waals surface area contributed by atoms with Crippen molar-refractivity contribution in [2.24, 2.45) is 5.41 Å². The smallest absolute Gasteiger partial charge is 0.220 e. The van der Waals surface area contributed by atoms with Crippen LogP contribution in [0.25, 0.3) is 0 Å². The van der Waals surface area contributed by atoms with Gasteiger partial charge in [0.2, 0.25) is 5.91 Å². The Morgan fingerprint density at radius 3 is 2.65 bits per heavy atom. The molecule has 1 heterocycles. The van der Waals surface area contributed by atoms with Crippen LogP contribution in [-0.4, -0.2) is 33.4 Å². The van der Waals surface area contributed by atoms with E-state index in [1.165, 1.54) is 0 Å². The average molecular weight is 320 g/mol. The molecule has 1 rings (SSSR count). The average Bonchev–Trinajstić information content (AvgIpc) is 2.73. The molecule has 0 saturated heterocycles. The van der Waals surface area contributed by atoms with Crippen molar-refractivity contribution in [3.63, 3.8) is 0 Å². The third-order valence-electron chi connectivity index (χ3n) is 4.06. The van der Waals surface area contributed by atoms with Crippen LogP contribution in [0.1, 0.15) is 50.6 Å². The Bertz CT molecular complexity index is 579. The van der Waals surface area contributed by atoms with Gasteiger partial charge in [-0.15, -0.1) is 0 Å². The first-order valence-corrected chi connectivity index (χ1v) is 8.01. The Hall–Kier alpha value is -1.87. The molecule has 2 N–H and O–H groups in total. The number of hydrogen-bond donors (Lipinski definition) is 2. The van der Waals surface area contributed by atoms with E-state index in [1.54, 1.807) is 0 Å². The zero-order chi connectivity index (χ0) is 17.6. The van der Waals surface area contributed by atoms with E-state index in [4.69, 9.17) is 5.26 Å². The first-order chi connectivity index (χ1) is 10.7. The fourth-order valence-corrected chi connectivity index (χ4v) is 2.31. The Balaban J connectivity index is 2.54. The number of nitriles is 1. The van der Waals surface area contributed by atoms with Crippen LogP contribution in [0, 0.1) is 30.6 Å². The Morgan fingerprint density at radius 1 is 1.43 bits per heavy atom. The van der Waals surface area contributed by atoms with Gasteiger partial charge in [0.05, 0.1) is 30.8 Å². The summed E-state index contributed by atoms with van der Waals surface area (Å²) in [7, 11) is 0. The summed E-state index contributed by atoms with van der Waals surface area (Å²) in [6, 6.07) is 2.11. The molecule has 6 nitrogen and oxygen atoms in total. The number of rotatable bonds is 7. The van der Waals surface area contributed by atoms with Crippen LogP contribution < -0.4 is 5.32 Å². The number of aromatic nitrogens is 2. The molecule has 0 spiro atoms. The van der Waals surface area contributed by atoms with Gasteiger partial charge in [-0.05, 0) is 31.2 Å². The van der Waals surface area contributed by atoms with Gasteiger partial charge in [-0.3, -0.25) is 9.48 Å². The molecule has 1 aromatic heterocycles. The summed E-state index contributed by atoms with van der Waals surface area (Å²) >= 11 is 0. The highest BCUT2D eigenvalue weighted by molar-refractivity contribution is 5.76. The van der Waals surface area contributed by atoms with E-state index in [1.807, 2.05) is 39.3 Å². The van der Waals surface area contributed by atoms with Crippen LogP contribution in [0.15, 0.2) is 0 Å². The highest BCUT2D eigenvalue weighted by Gasteiger charge is 2.22. The van der Waals surface area contributed by atoms with Gasteiger partial charge in [0.1, 0.15) is 0 Å². The molecule has 0 aliphatic heterocycles. The number of carbonyl (C=O) groups excluding carboxylic acids is 1. The molecule has 0 saturated carbocycles. The first-order valence-electron chi connectivity index (χ1n) is 8.01. The summed E-state index contributed by atoms with van der Waals surface area (Å²) in [6.45, 7) is 10.5. The molecule has 1 aromatic rings. The minimum absolute atomic E-state index is 0.0723. The number of nitrogens with one attached hydrogen (secondary N) is 1. The second kappa shape index (κ2) is 8.11. The lowest BCUT2D eigenvalue weighted by molar-refractivity contribution is -0.121. The Morgan fingerprint density at radius 2 is 2.09 bits per heavy atom. The molecule has 0 radical (unpaired) electrons. The third kappa shape index (κ3) is 5.68. The fraction of sp³-hybridized carbons (Fsp3) is 0.706. The molecule has 0 bridgehead atoms. The lowest BCUT2D eigenvalue weighted by Crippen LogP contribution is -2.39. The summed E-state index contributed by atoms with van der Waals surface area (Å²) in [4.78, 5) is 12.0. The van der Waals surface area contributed by atoms with E-state index in [-0.39, 0.29) is 17.9 Å². The number of aliphatic hydroxyl groups is 1. The van der Waals surface area contributed by atoms with E-state index < -0.39 is 6.10 Å². The van der Waals surface area contributed by atoms with Crippen molar-refractivity contribution < 1.29 is 9.90 Å². The molecule has 0 aromatic carbocycles. The molecule has 0 aliphatic carbocycles. The molecule has 1 atom stereocenters. The first kappa shape index (κ1) is 19.2. The monoisotopic (exact) mass is 320 g/mol. The summed E-state index contributed by atoms with van der Waals surface area (Å²) in [5.74, 6) is -0.0723. The van der Waals surface area contributed by atoms with Crippen molar-refractivity contribution >= 4 is 5.91 Å². The Labute approximate surface area is 138 Å². The Kier molecular flexibility index (Phi) is 6.77. The van der Waals surface area contributed by atoms with Crippen LogP contribution in [0.5, 0.6) is 0 Å². The molecular weight excluding hydrogens is 292 g/mol. The molecule has 1 amide bonds. The second-order valence-corrected chi connectivity index (χ2v) is 6.97. The number of carbonyl (C=O) groups is 1. The topological polar surface area (TPSA) is 90.9 Å². The van der Waals surface area contributed by atoms with Crippen LogP contribution in [0.4, 0.5) is 0 Å². The van der Waals surface area contributed by atoms with E-state index in [0.29, 0.717) is 25.8 Å². The lowest BCUT2D eigenvalue weighted by Gasteiger charge is -2.25. The van der Waals surface area contributed by atoms with Crippen LogP contribution in [0.3, 0.4) is 0 Å². The maximum atomic E-state index is 12.0. The van der Waals surface area contributed by atoms with E-state index in [0.717, 1.165) is 17.0 Å². The number of aryl methyl sites for hydroxylation is 2. The van der Waals surface area contributed by atoms with Crippen molar-refractivity contribution in [3.05, 3.63) is 17.0 Å². The highest BCUT2D eigenvalue weighted by atomic mass is 16.3. The maximum Gasteiger partial charge on any atom is 0.220 e. The summed E-state index contributed by atoms with van der Waals surface area (Å²) < 4.78 is 1.83. The minimum atomic E-state index is -0.566.